The lowest BCUT2D eigenvalue weighted by molar-refractivity contribution is 0.162. The smallest absolute Gasteiger partial charge is 0.00923 e. The summed E-state index contributed by atoms with van der Waals surface area (Å²) in [6, 6.07) is 1.34. The van der Waals surface area contributed by atoms with Gasteiger partial charge in [0.05, 0.1) is 0 Å². The van der Waals surface area contributed by atoms with E-state index in [-0.39, 0.29) is 0 Å². The number of nitrogens with two attached hydrogens (primary N) is 1. The van der Waals surface area contributed by atoms with Gasteiger partial charge in [-0.3, -0.25) is 0 Å². The van der Waals surface area contributed by atoms with Crippen LogP contribution in [0.4, 0.5) is 0 Å². The molecule has 0 spiro atoms. The first-order valence-corrected chi connectivity index (χ1v) is 6.73. The van der Waals surface area contributed by atoms with Crippen molar-refractivity contribution in [2.24, 2.45) is 11.7 Å². The summed E-state index contributed by atoms with van der Waals surface area (Å²) in [6.45, 7) is 1.24. The number of nitrogens with zero attached hydrogens (tertiary/aromatic N) is 1. The summed E-state index contributed by atoms with van der Waals surface area (Å²) in [4.78, 5) is 2.59. The number of hydrogen-bond donors (Lipinski definition) is 1. The zero-order valence-corrected chi connectivity index (χ0v) is 10.1. The molecule has 2 nitrogen and oxygen atoms in total. The monoisotopic (exact) mass is 210 g/mol. The van der Waals surface area contributed by atoms with Gasteiger partial charge in [0.25, 0.3) is 0 Å². The SMILES string of the molecule is CN(CC1CCCC1N)C1CCCCC1. The Kier molecular flexibility index (Phi) is 4.04. The van der Waals surface area contributed by atoms with Crippen molar-refractivity contribution in [1.82, 2.24) is 4.90 Å². The van der Waals surface area contributed by atoms with Crippen molar-refractivity contribution < 1.29 is 0 Å². The zero-order chi connectivity index (χ0) is 10.7. The number of rotatable bonds is 3. The Morgan fingerprint density at radius 1 is 1.00 bits per heavy atom. The van der Waals surface area contributed by atoms with E-state index in [1.54, 1.807) is 0 Å². The van der Waals surface area contributed by atoms with Gasteiger partial charge in [-0.15, -0.1) is 0 Å². The predicted molar refractivity (Wildman–Crippen MR) is 64.8 cm³/mol. The van der Waals surface area contributed by atoms with Crippen LogP contribution < -0.4 is 5.73 Å². The van der Waals surface area contributed by atoms with Gasteiger partial charge in [0.2, 0.25) is 0 Å². The van der Waals surface area contributed by atoms with Gasteiger partial charge in [0.15, 0.2) is 0 Å². The van der Waals surface area contributed by atoms with E-state index in [9.17, 15) is 0 Å². The van der Waals surface area contributed by atoms with E-state index in [0.717, 1.165) is 12.0 Å². The molecular weight excluding hydrogens is 184 g/mol. The van der Waals surface area contributed by atoms with E-state index in [4.69, 9.17) is 5.73 Å². The van der Waals surface area contributed by atoms with Crippen molar-refractivity contribution >= 4 is 0 Å². The van der Waals surface area contributed by atoms with Gasteiger partial charge in [0, 0.05) is 18.6 Å². The predicted octanol–water partition coefficient (Wildman–Crippen LogP) is 2.38. The van der Waals surface area contributed by atoms with E-state index < -0.39 is 0 Å². The Bertz CT molecular complexity index is 187. The fourth-order valence-corrected chi connectivity index (χ4v) is 3.33. The summed E-state index contributed by atoms with van der Waals surface area (Å²) >= 11 is 0. The normalized spacial score (nSPS) is 33.8. The standard InChI is InChI=1S/C13H26N2/c1-15(12-7-3-2-4-8-12)10-11-6-5-9-13(11)14/h11-13H,2-10,14H2,1H3. The van der Waals surface area contributed by atoms with E-state index in [0.29, 0.717) is 6.04 Å². The summed E-state index contributed by atoms with van der Waals surface area (Å²) in [6.07, 6.45) is 11.1. The third kappa shape index (κ3) is 2.94. The lowest BCUT2D eigenvalue weighted by atomic mass is 9.93. The van der Waals surface area contributed by atoms with E-state index in [1.807, 2.05) is 0 Å². The molecule has 2 aliphatic carbocycles. The molecule has 0 amide bonds. The molecule has 2 fully saturated rings. The molecule has 0 aliphatic heterocycles. The maximum atomic E-state index is 6.13. The molecule has 0 bridgehead atoms. The van der Waals surface area contributed by atoms with Gasteiger partial charge in [0.1, 0.15) is 0 Å². The maximum Gasteiger partial charge on any atom is 0.00923 e. The molecule has 2 aliphatic rings. The summed E-state index contributed by atoms with van der Waals surface area (Å²) in [5, 5.41) is 0. The maximum absolute atomic E-state index is 6.13. The Morgan fingerprint density at radius 2 is 1.73 bits per heavy atom. The fourth-order valence-electron chi connectivity index (χ4n) is 3.33. The lowest BCUT2D eigenvalue weighted by Crippen LogP contribution is -2.40. The van der Waals surface area contributed by atoms with Crippen LogP contribution in [0.3, 0.4) is 0 Å². The van der Waals surface area contributed by atoms with Gasteiger partial charge in [-0.05, 0) is 38.6 Å². The second-order valence-corrected chi connectivity index (χ2v) is 5.59. The van der Waals surface area contributed by atoms with Crippen LogP contribution >= 0.6 is 0 Å². The molecule has 0 radical (unpaired) electrons. The third-order valence-corrected chi connectivity index (χ3v) is 4.44. The molecule has 0 aromatic heterocycles. The summed E-state index contributed by atoms with van der Waals surface area (Å²) in [5.74, 6) is 0.775. The first-order chi connectivity index (χ1) is 7.27. The molecular formula is C13H26N2. The largest absolute Gasteiger partial charge is 0.327 e. The molecule has 2 heteroatoms. The van der Waals surface area contributed by atoms with Crippen molar-refractivity contribution in [3.8, 4) is 0 Å². The lowest BCUT2D eigenvalue weighted by Gasteiger charge is -2.33. The highest BCUT2D eigenvalue weighted by Crippen LogP contribution is 2.27. The quantitative estimate of drug-likeness (QED) is 0.775. The van der Waals surface area contributed by atoms with Crippen molar-refractivity contribution in [2.45, 2.75) is 63.5 Å². The Morgan fingerprint density at radius 3 is 2.33 bits per heavy atom. The average Bonchev–Trinajstić information content (AvgIpc) is 2.66. The minimum absolute atomic E-state index is 0.482. The van der Waals surface area contributed by atoms with Crippen molar-refractivity contribution in [3.63, 3.8) is 0 Å². The van der Waals surface area contributed by atoms with Gasteiger partial charge >= 0.3 is 0 Å². The molecule has 2 N–H and O–H groups in total. The zero-order valence-electron chi connectivity index (χ0n) is 10.1. The Hall–Kier alpha value is -0.0800. The van der Waals surface area contributed by atoms with Crippen LogP contribution in [0.2, 0.25) is 0 Å². The molecule has 0 heterocycles. The van der Waals surface area contributed by atoms with Crippen LogP contribution in [0.25, 0.3) is 0 Å². The molecule has 0 saturated heterocycles. The van der Waals surface area contributed by atoms with E-state index in [1.165, 1.54) is 57.9 Å². The minimum atomic E-state index is 0.482. The van der Waals surface area contributed by atoms with Gasteiger partial charge in [-0.1, -0.05) is 25.7 Å². The second kappa shape index (κ2) is 5.31. The molecule has 2 saturated carbocycles. The summed E-state index contributed by atoms with van der Waals surface area (Å²) < 4.78 is 0. The van der Waals surface area contributed by atoms with E-state index >= 15 is 0 Å². The van der Waals surface area contributed by atoms with Crippen LogP contribution in [0.5, 0.6) is 0 Å². The molecule has 0 aromatic rings. The Labute approximate surface area is 94.2 Å². The van der Waals surface area contributed by atoms with Gasteiger partial charge in [-0.25, -0.2) is 0 Å². The van der Waals surface area contributed by atoms with Gasteiger partial charge < -0.3 is 10.6 Å². The molecule has 2 unspecified atom stereocenters. The minimum Gasteiger partial charge on any atom is -0.327 e. The summed E-state index contributed by atoms with van der Waals surface area (Å²) in [7, 11) is 2.31. The van der Waals surface area contributed by atoms with Crippen LogP contribution in [-0.2, 0) is 0 Å². The van der Waals surface area contributed by atoms with Crippen LogP contribution in [0, 0.1) is 5.92 Å². The third-order valence-electron chi connectivity index (χ3n) is 4.44. The molecule has 15 heavy (non-hydrogen) atoms. The van der Waals surface area contributed by atoms with Crippen molar-refractivity contribution in [2.75, 3.05) is 13.6 Å². The highest BCUT2D eigenvalue weighted by Gasteiger charge is 2.27. The molecule has 88 valence electrons. The number of hydrogen-bond acceptors (Lipinski definition) is 2. The van der Waals surface area contributed by atoms with Crippen LogP contribution in [0.1, 0.15) is 51.4 Å². The molecule has 2 rings (SSSR count). The van der Waals surface area contributed by atoms with E-state index in [2.05, 4.69) is 11.9 Å². The molecule has 0 aromatic carbocycles. The first-order valence-electron chi connectivity index (χ1n) is 6.73. The topological polar surface area (TPSA) is 29.3 Å². The van der Waals surface area contributed by atoms with Crippen molar-refractivity contribution in [1.29, 1.82) is 0 Å². The highest BCUT2D eigenvalue weighted by molar-refractivity contribution is 4.84. The first kappa shape index (κ1) is 11.4. The fraction of sp³-hybridized carbons (Fsp3) is 1.00. The summed E-state index contributed by atoms with van der Waals surface area (Å²) in [5.41, 5.74) is 6.13. The van der Waals surface area contributed by atoms with Crippen LogP contribution in [0.15, 0.2) is 0 Å². The van der Waals surface area contributed by atoms with Crippen LogP contribution in [-0.4, -0.2) is 30.6 Å². The van der Waals surface area contributed by atoms with Gasteiger partial charge in [-0.2, -0.15) is 0 Å². The average molecular weight is 210 g/mol. The second-order valence-electron chi connectivity index (χ2n) is 5.59. The Balaban J connectivity index is 1.77. The molecule has 2 atom stereocenters. The highest BCUT2D eigenvalue weighted by atomic mass is 15.1. The van der Waals surface area contributed by atoms with Crippen molar-refractivity contribution in [3.05, 3.63) is 0 Å².